The van der Waals surface area contributed by atoms with Gasteiger partial charge in [-0.1, -0.05) is 0 Å². The highest BCUT2D eigenvalue weighted by Crippen LogP contribution is 2.19. The molecule has 6 nitrogen and oxygen atoms in total. The van der Waals surface area contributed by atoms with Gasteiger partial charge < -0.3 is 9.52 Å². The van der Waals surface area contributed by atoms with E-state index >= 15 is 0 Å². The molecule has 0 saturated carbocycles. The van der Waals surface area contributed by atoms with Gasteiger partial charge in [0.2, 0.25) is 0 Å². The lowest BCUT2D eigenvalue weighted by Gasteiger charge is -2.06. The van der Waals surface area contributed by atoms with Gasteiger partial charge in [-0.3, -0.25) is 4.99 Å². The highest BCUT2D eigenvalue weighted by molar-refractivity contribution is 7.91. The molecule has 0 aliphatic carbocycles. The van der Waals surface area contributed by atoms with Crippen molar-refractivity contribution in [2.75, 3.05) is 11.5 Å². The summed E-state index contributed by atoms with van der Waals surface area (Å²) in [5.74, 6) is 0.212. The van der Waals surface area contributed by atoms with Crippen molar-refractivity contribution in [3.05, 3.63) is 27.8 Å². The van der Waals surface area contributed by atoms with E-state index in [4.69, 9.17) is 4.42 Å². The van der Waals surface area contributed by atoms with Crippen molar-refractivity contribution in [2.24, 2.45) is 4.99 Å². The molecule has 0 radical (unpaired) electrons. The van der Waals surface area contributed by atoms with Crippen LogP contribution in [0.15, 0.2) is 20.3 Å². The van der Waals surface area contributed by atoms with Crippen molar-refractivity contribution in [1.82, 2.24) is 0 Å². The van der Waals surface area contributed by atoms with E-state index in [1.807, 2.05) is 0 Å². The highest BCUT2D eigenvalue weighted by atomic mass is 32.2. The Labute approximate surface area is 110 Å². The van der Waals surface area contributed by atoms with Gasteiger partial charge in [0.15, 0.2) is 9.84 Å². The molecule has 1 aromatic heterocycles. The number of aliphatic imine (C=N–C) groups is 1. The molecule has 0 unspecified atom stereocenters. The van der Waals surface area contributed by atoms with Crippen LogP contribution in [0.4, 0.5) is 0 Å². The van der Waals surface area contributed by atoms with Gasteiger partial charge in [0.05, 0.1) is 23.3 Å². The van der Waals surface area contributed by atoms with Gasteiger partial charge >= 0.3 is 5.63 Å². The molecule has 0 bridgehead atoms. The number of rotatable bonds is 2. The van der Waals surface area contributed by atoms with E-state index in [2.05, 4.69) is 4.99 Å². The standard InChI is InChI=1S/C12H15NO5S/c1-7-5-10(14)11(12(15)18-7)8(2)13-9-3-4-19(16,17)6-9/h5,9,14H,3-4,6H2,1-2H3/t9-/m0/s1. The number of sulfone groups is 1. The van der Waals surface area contributed by atoms with E-state index in [-0.39, 0.29) is 28.9 Å². The lowest BCUT2D eigenvalue weighted by molar-refractivity contribution is 0.432. The van der Waals surface area contributed by atoms with Gasteiger partial charge in [0.25, 0.3) is 0 Å². The van der Waals surface area contributed by atoms with Crippen LogP contribution in [-0.2, 0) is 9.84 Å². The minimum atomic E-state index is -3.02. The van der Waals surface area contributed by atoms with Crippen molar-refractivity contribution in [3.63, 3.8) is 0 Å². The summed E-state index contributed by atoms with van der Waals surface area (Å²) in [6, 6.07) is 0.978. The van der Waals surface area contributed by atoms with Crippen molar-refractivity contribution in [2.45, 2.75) is 26.3 Å². The van der Waals surface area contributed by atoms with Gasteiger partial charge in [0, 0.05) is 6.07 Å². The van der Waals surface area contributed by atoms with Gasteiger partial charge in [-0.25, -0.2) is 13.2 Å². The molecule has 1 N–H and O–H groups in total. The molecule has 1 aliphatic heterocycles. The molecule has 2 heterocycles. The fourth-order valence-corrected chi connectivity index (χ4v) is 3.77. The summed E-state index contributed by atoms with van der Waals surface area (Å²) in [5, 5.41) is 9.76. The molecule has 104 valence electrons. The number of hydrogen-bond donors (Lipinski definition) is 1. The third-order valence-corrected chi connectivity index (χ3v) is 4.75. The number of aromatic hydroxyl groups is 1. The maximum absolute atomic E-state index is 11.7. The summed E-state index contributed by atoms with van der Waals surface area (Å²) in [7, 11) is -3.02. The van der Waals surface area contributed by atoms with Crippen LogP contribution in [0.1, 0.15) is 24.7 Å². The van der Waals surface area contributed by atoms with Crippen LogP contribution in [-0.4, -0.2) is 36.8 Å². The van der Waals surface area contributed by atoms with E-state index in [9.17, 15) is 18.3 Å². The monoisotopic (exact) mass is 285 g/mol. The molecule has 1 aliphatic rings. The van der Waals surface area contributed by atoms with E-state index in [1.54, 1.807) is 13.8 Å². The quantitative estimate of drug-likeness (QED) is 0.805. The number of hydrogen-bond acceptors (Lipinski definition) is 6. The van der Waals surface area contributed by atoms with E-state index in [0.29, 0.717) is 17.9 Å². The number of aryl methyl sites for hydroxylation is 1. The minimum absolute atomic E-state index is 0.00472. The van der Waals surface area contributed by atoms with E-state index < -0.39 is 15.5 Å². The third-order valence-electron chi connectivity index (χ3n) is 3.00. The van der Waals surface area contributed by atoms with Gasteiger partial charge in [-0.15, -0.1) is 0 Å². The van der Waals surface area contributed by atoms with Gasteiger partial charge in [-0.2, -0.15) is 0 Å². The Balaban J connectivity index is 2.35. The summed E-state index contributed by atoms with van der Waals surface area (Å²) < 4.78 is 27.6. The Morgan fingerprint density at radius 2 is 2.21 bits per heavy atom. The molecule has 7 heteroatoms. The molecule has 1 atom stereocenters. The molecular weight excluding hydrogens is 270 g/mol. The summed E-state index contributed by atoms with van der Waals surface area (Å²) in [6.45, 7) is 3.12. The molecule has 0 aromatic carbocycles. The summed E-state index contributed by atoms with van der Waals surface area (Å²) in [4.78, 5) is 15.9. The van der Waals surface area contributed by atoms with Crippen molar-refractivity contribution in [1.29, 1.82) is 0 Å². The van der Waals surface area contributed by atoms with E-state index in [0.717, 1.165) is 0 Å². The molecular formula is C12H15NO5S. The minimum Gasteiger partial charge on any atom is -0.507 e. The maximum Gasteiger partial charge on any atom is 0.348 e. The van der Waals surface area contributed by atoms with Crippen LogP contribution in [0, 0.1) is 6.92 Å². The molecule has 19 heavy (non-hydrogen) atoms. The van der Waals surface area contributed by atoms with Crippen molar-refractivity contribution in [3.8, 4) is 5.75 Å². The summed E-state index contributed by atoms with van der Waals surface area (Å²) in [6.07, 6.45) is 0.442. The molecule has 0 spiro atoms. The highest BCUT2D eigenvalue weighted by Gasteiger charge is 2.28. The zero-order chi connectivity index (χ0) is 14.2. The zero-order valence-electron chi connectivity index (χ0n) is 10.7. The average molecular weight is 285 g/mol. The van der Waals surface area contributed by atoms with Crippen LogP contribution in [0.3, 0.4) is 0 Å². The lowest BCUT2D eigenvalue weighted by atomic mass is 10.1. The lowest BCUT2D eigenvalue weighted by Crippen LogP contribution is -2.16. The van der Waals surface area contributed by atoms with Crippen LogP contribution in [0.2, 0.25) is 0 Å². The Kier molecular flexibility index (Phi) is 3.49. The first-order chi connectivity index (χ1) is 8.78. The predicted octanol–water partition coefficient (Wildman–Crippen LogP) is 0.650. The van der Waals surface area contributed by atoms with Gasteiger partial charge in [0.1, 0.15) is 17.1 Å². The smallest absolute Gasteiger partial charge is 0.348 e. The zero-order valence-corrected chi connectivity index (χ0v) is 11.5. The number of nitrogens with zero attached hydrogens (tertiary/aromatic N) is 1. The van der Waals surface area contributed by atoms with Crippen molar-refractivity contribution < 1.29 is 17.9 Å². The summed E-state index contributed by atoms with van der Waals surface area (Å²) in [5.41, 5.74) is -0.372. The first kappa shape index (κ1) is 13.8. The Hall–Kier alpha value is -1.63. The van der Waals surface area contributed by atoms with Crippen molar-refractivity contribution >= 4 is 15.5 Å². The second-order valence-corrected chi connectivity index (χ2v) is 6.90. The van der Waals surface area contributed by atoms with Gasteiger partial charge in [-0.05, 0) is 20.3 Å². The fourth-order valence-electron chi connectivity index (χ4n) is 2.14. The second kappa shape index (κ2) is 4.80. The topological polar surface area (TPSA) is 96.9 Å². The molecule has 1 fully saturated rings. The normalized spacial score (nSPS) is 22.6. The van der Waals surface area contributed by atoms with Crippen LogP contribution < -0.4 is 5.63 Å². The molecule has 1 aromatic rings. The first-order valence-electron chi connectivity index (χ1n) is 5.87. The SMILES string of the molecule is CC(=N[C@H]1CCS(=O)(=O)C1)c1c(O)cc(C)oc1=O. The second-order valence-electron chi connectivity index (χ2n) is 4.68. The molecule has 0 amide bonds. The molecule has 2 rings (SSSR count). The van der Waals surface area contributed by atoms with Crippen LogP contribution >= 0.6 is 0 Å². The third kappa shape index (κ3) is 3.04. The maximum atomic E-state index is 11.7. The fraction of sp³-hybridized carbons (Fsp3) is 0.500. The van der Waals surface area contributed by atoms with Crippen LogP contribution in [0.25, 0.3) is 0 Å². The Morgan fingerprint density at radius 1 is 1.53 bits per heavy atom. The Morgan fingerprint density at radius 3 is 2.74 bits per heavy atom. The van der Waals surface area contributed by atoms with E-state index in [1.165, 1.54) is 6.07 Å². The summed E-state index contributed by atoms with van der Waals surface area (Å²) >= 11 is 0. The molecule has 1 saturated heterocycles. The largest absolute Gasteiger partial charge is 0.507 e. The average Bonchev–Trinajstić information content (AvgIpc) is 2.56. The predicted molar refractivity (Wildman–Crippen MR) is 70.6 cm³/mol. The van der Waals surface area contributed by atoms with Crippen LogP contribution in [0.5, 0.6) is 5.75 Å². The first-order valence-corrected chi connectivity index (χ1v) is 7.69. The Bertz CT molecular complexity index is 687.